The second-order valence-corrected chi connectivity index (χ2v) is 6.71. The predicted octanol–water partition coefficient (Wildman–Crippen LogP) is 2.30. The van der Waals surface area contributed by atoms with Crippen molar-refractivity contribution in [2.75, 3.05) is 19.8 Å². The first kappa shape index (κ1) is 20.1. The summed E-state index contributed by atoms with van der Waals surface area (Å²) in [6.45, 7) is 0.166. The summed E-state index contributed by atoms with van der Waals surface area (Å²) in [5, 5.41) is 11.9. The molecule has 0 bridgehead atoms. The van der Waals surface area contributed by atoms with Crippen LogP contribution in [0.3, 0.4) is 0 Å². The van der Waals surface area contributed by atoms with Crippen LogP contribution in [0.1, 0.15) is 18.7 Å². The maximum Gasteiger partial charge on any atom is 0.449 e. The third-order valence-corrected chi connectivity index (χ3v) is 4.88. The number of halogens is 3. The minimum atomic E-state index is -4.72. The number of para-hydroxylation sites is 2. The Hall–Kier alpha value is -2.62. The van der Waals surface area contributed by atoms with E-state index in [1.165, 1.54) is 12.1 Å². The number of carbonyl (C=O) groups is 2. The lowest BCUT2D eigenvalue weighted by atomic mass is 9.86. The van der Waals surface area contributed by atoms with Crippen LogP contribution in [0.25, 0.3) is 11.0 Å². The molecule has 0 radical (unpaired) electrons. The maximum absolute atomic E-state index is 13.3. The second kappa shape index (κ2) is 8.17. The van der Waals surface area contributed by atoms with Crippen LogP contribution in [0.5, 0.6) is 0 Å². The Labute approximate surface area is 158 Å². The van der Waals surface area contributed by atoms with Crippen LogP contribution < -0.4 is 5.32 Å². The van der Waals surface area contributed by atoms with Crippen molar-refractivity contribution in [3.8, 4) is 0 Å². The molecule has 2 aromatic rings. The largest absolute Gasteiger partial charge is 0.481 e. The van der Waals surface area contributed by atoms with Crippen molar-refractivity contribution in [1.29, 1.82) is 0 Å². The van der Waals surface area contributed by atoms with Crippen LogP contribution in [0, 0.1) is 11.8 Å². The van der Waals surface area contributed by atoms with Crippen molar-refractivity contribution in [2.24, 2.45) is 11.8 Å². The van der Waals surface area contributed by atoms with Gasteiger partial charge >= 0.3 is 12.1 Å². The molecule has 0 aliphatic carbocycles. The second-order valence-electron chi connectivity index (χ2n) is 6.71. The van der Waals surface area contributed by atoms with Crippen LogP contribution in [-0.2, 0) is 27.0 Å². The van der Waals surface area contributed by atoms with E-state index in [1.807, 2.05) is 0 Å². The van der Waals surface area contributed by atoms with E-state index in [9.17, 15) is 27.9 Å². The number of aliphatic carboxylic acids is 1. The van der Waals surface area contributed by atoms with Gasteiger partial charge in [-0.25, -0.2) is 4.98 Å². The topological polar surface area (TPSA) is 93.5 Å². The summed E-state index contributed by atoms with van der Waals surface area (Å²) in [4.78, 5) is 27.4. The fourth-order valence-electron chi connectivity index (χ4n) is 3.45. The van der Waals surface area contributed by atoms with Gasteiger partial charge < -0.3 is 19.7 Å². The first-order chi connectivity index (χ1) is 13.3. The van der Waals surface area contributed by atoms with Crippen LogP contribution >= 0.6 is 0 Å². The minimum Gasteiger partial charge on any atom is -0.481 e. The third kappa shape index (κ3) is 4.44. The molecule has 1 unspecified atom stereocenters. The number of fused-ring (bicyclic) bond motifs is 1. The summed E-state index contributed by atoms with van der Waals surface area (Å²) in [5.74, 6) is -3.87. The summed E-state index contributed by atoms with van der Waals surface area (Å²) in [6, 6.07) is 6.01. The Balaban J connectivity index is 1.73. The molecule has 3 rings (SSSR count). The zero-order valence-corrected chi connectivity index (χ0v) is 14.9. The molecule has 1 aliphatic rings. The first-order valence-electron chi connectivity index (χ1n) is 8.87. The molecule has 1 aliphatic heterocycles. The predicted molar refractivity (Wildman–Crippen MR) is 92.4 cm³/mol. The maximum atomic E-state index is 13.3. The summed E-state index contributed by atoms with van der Waals surface area (Å²) < 4.78 is 45.9. The number of carboxylic acids is 1. The normalized spacial score (nSPS) is 16.8. The number of aromatic nitrogens is 2. The molecular weight excluding hydrogens is 379 g/mol. The van der Waals surface area contributed by atoms with E-state index < -0.39 is 36.3 Å². The molecule has 2 heterocycles. The highest BCUT2D eigenvalue weighted by Crippen LogP contribution is 2.31. The molecule has 1 fully saturated rings. The minimum absolute atomic E-state index is 0.133. The van der Waals surface area contributed by atoms with E-state index in [4.69, 9.17) is 4.74 Å². The van der Waals surface area contributed by atoms with Gasteiger partial charge in [-0.05, 0) is 30.9 Å². The number of carboxylic acid groups (broad SMARTS) is 1. The number of amides is 1. The summed E-state index contributed by atoms with van der Waals surface area (Å²) >= 11 is 0. The number of hydrogen-bond acceptors (Lipinski definition) is 4. The van der Waals surface area contributed by atoms with Crippen molar-refractivity contribution in [1.82, 2.24) is 14.9 Å². The quantitative estimate of drug-likeness (QED) is 0.778. The van der Waals surface area contributed by atoms with Crippen molar-refractivity contribution in [3.05, 3.63) is 30.1 Å². The van der Waals surface area contributed by atoms with E-state index in [2.05, 4.69) is 10.3 Å². The molecule has 1 amide bonds. The molecule has 28 heavy (non-hydrogen) atoms. The van der Waals surface area contributed by atoms with Gasteiger partial charge in [-0.15, -0.1) is 0 Å². The number of alkyl halides is 3. The summed E-state index contributed by atoms with van der Waals surface area (Å²) in [7, 11) is 0. The molecule has 10 heteroatoms. The Morgan fingerprint density at radius 1 is 1.29 bits per heavy atom. The highest BCUT2D eigenvalue weighted by atomic mass is 19.4. The highest BCUT2D eigenvalue weighted by Gasteiger charge is 2.38. The van der Waals surface area contributed by atoms with E-state index in [-0.39, 0.29) is 23.5 Å². The number of rotatable bonds is 6. The van der Waals surface area contributed by atoms with Gasteiger partial charge in [0.05, 0.1) is 17.0 Å². The van der Waals surface area contributed by atoms with Crippen molar-refractivity contribution in [3.63, 3.8) is 0 Å². The lowest BCUT2D eigenvalue weighted by molar-refractivity contribution is -0.147. The molecule has 0 spiro atoms. The van der Waals surface area contributed by atoms with Gasteiger partial charge in [0.25, 0.3) is 0 Å². The smallest absolute Gasteiger partial charge is 0.449 e. The van der Waals surface area contributed by atoms with Crippen molar-refractivity contribution < 1.29 is 32.6 Å². The number of nitrogens with zero attached hydrogens (tertiary/aromatic N) is 2. The molecular formula is C18H20F3N3O4. The number of nitrogens with one attached hydrogen (secondary N) is 1. The standard InChI is InChI=1S/C18H20F3N3O4/c19-18(20,21)17-23-13-3-1-2-4-14(13)24(17)10-15(25)22-9-12(16(26)27)11-5-7-28-8-6-11/h1-4,11-12H,5-10H2,(H,22,25)(H,26,27). The monoisotopic (exact) mass is 399 g/mol. The third-order valence-electron chi connectivity index (χ3n) is 4.88. The number of benzene rings is 1. The molecule has 1 saturated heterocycles. The average molecular weight is 399 g/mol. The van der Waals surface area contributed by atoms with Gasteiger partial charge in [0.15, 0.2) is 0 Å². The number of ether oxygens (including phenoxy) is 1. The molecule has 7 nitrogen and oxygen atoms in total. The average Bonchev–Trinajstić information content (AvgIpc) is 3.01. The molecule has 1 atom stereocenters. The van der Waals surface area contributed by atoms with E-state index in [0.29, 0.717) is 26.1 Å². The molecule has 0 saturated carbocycles. The number of hydrogen-bond donors (Lipinski definition) is 2. The van der Waals surface area contributed by atoms with E-state index >= 15 is 0 Å². The Morgan fingerprint density at radius 2 is 1.96 bits per heavy atom. The van der Waals surface area contributed by atoms with Crippen LogP contribution in [0.15, 0.2) is 24.3 Å². The number of carbonyl (C=O) groups excluding carboxylic acids is 1. The van der Waals surface area contributed by atoms with Gasteiger partial charge in [0.2, 0.25) is 11.7 Å². The van der Waals surface area contributed by atoms with E-state index in [0.717, 1.165) is 4.57 Å². The SMILES string of the molecule is O=C(Cn1c(C(F)(F)F)nc2ccccc21)NCC(C(=O)O)C1CCOCC1. The Kier molecular flexibility index (Phi) is 5.87. The fourth-order valence-corrected chi connectivity index (χ4v) is 3.45. The molecule has 1 aromatic heterocycles. The fraction of sp³-hybridized carbons (Fsp3) is 0.500. The van der Waals surface area contributed by atoms with Crippen molar-refractivity contribution in [2.45, 2.75) is 25.6 Å². The van der Waals surface area contributed by atoms with Gasteiger partial charge in [-0.3, -0.25) is 9.59 Å². The van der Waals surface area contributed by atoms with Crippen molar-refractivity contribution >= 4 is 22.9 Å². The van der Waals surface area contributed by atoms with Crippen LogP contribution in [0.2, 0.25) is 0 Å². The van der Waals surface area contributed by atoms with Crippen LogP contribution in [-0.4, -0.2) is 46.3 Å². The lowest BCUT2D eigenvalue weighted by Gasteiger charge is -2.27. The molecule has 2 N–H and O–H groups in total. The van der Waals surface area contributed by atoms with E-state index in [1.54, 1.807) is 12.1 Å². The zero-order valence-electron chi connectivity index (χ0n) is 14.9. The van der Waals surface area contributed by atoms with Gasteiger partial charge in [-0.2, -0.15) is 13.2 Å². The Morgan fingerprint density at radius 3 is 2.61 bits per heavy atom. The van der Waals surface area contributed by atoms with Gasteiger partial charge in [-0.1, -0.05) is 12.1 Å². The van der Waals surface area contributed by atoms with Gasteiger partial charge in [0, 0.05) is 19.8 Å². The van der Waals surface area contributed by atoms with Gasteiger partial charge in [0.1, 0.15) is 6.54 Å². The molecule has 1 aromatic carbocycles. The highest BCUT2D eigenvalue weighted by molar-refractivity contribution is 5.81. The molecule has 152 valence electrons. The number of imidazole rings is 1. The lowest BCUT2D eigenvalue weighted by Crippen LogP contribution is -2.40. The summed E-state index contributed by atoms with van der Waals surface area (Å²) in [6.07, 6.45) is -3.58. The Bertz CT molecular complexity index is 859. The van der Waals surface area contributed by atoms with Crippen LogP contribution in [0.4, 0.5) is 13.2 Å². The zero-order chi connectivity index (χ0) is 20.3. The summed E-state index contributed by atoms with van der Waals surface area (Å²) in [5.41, 5.74) is 0.317. The first-order valence-corrected chi connectivity index (χ1v) is 8.87.